The second-order valence-electron chi connectivity index (χ2n) is 2.49. The van der Waals surface area contributed by atoms with Gasteiger partial charge in [0.05, 0.1) is 18.8 Å². The van der Waals surface area contributed by atoms with Crippen molar-refractivity contribution in [3.05, 3.63) is 17.5 Å². The summed E-state index contributed by atoms with van der Waals surface area (Å²) in [5.41, 5.74) is 3.99. The Labute approximate surface area is 71.6 Å². The van der Waals surface area contributed by atoms with Crippen LogP contribution < -0.4 is 5.73 Å². The van der Waals surface area contributed by atoms with Crippen LogP contribution in [0.15, 0.2) is 6.20 Å². The van der Waals surface area contributed by atoms with Crippen molar-refractivity contribution in [2.45, 2.75) is 12.2 Å². The van der Waals surface area contributed by atoms with Gasteiger partial charge in [-0.25, -0.2) is 0 Å². The van der Waals surface area contributed by atoms with Crippen molar-refractivity contribution in [3.63, 3.8) is 0 Å². The molecule has 7 heteroatoms. The maximum absolute atomic E-state index is 12.2. The van der Waals surface area contributed by atoms with Gasteiger partial charge in [-0.2, -0.15) is 18.3 Å². The molecule has 4 nitrogen and oxygen atoms in total. The summed E-state index contributed by atoms with van der Waals surface area (Å²) in [7, 11) is 0. The van der Waals surface area contributed by atoms with Crippen LogP contribution in [0.25, 0.3) is 0 Å². The van der Waals surface area contributed by atoms with Crippen LogP contribution in [0.2, 0.25) is 0 Å². The molecule has 0 unspecified atom stereocenters. The molecule has 0 amide bonds. The van der Waals surface area contributed by atoms with E-state index in [9.17, 15) is 13.2 Å². The number of nitrogens with two attached hydrogens (primary N) is 1. The molecular formula is C6H8F3N3O. The number of nitrogens with one attached hydrogen (secondary N) is 1. The van der Waals surface area contributed by atoms with Crippen LogP contribution >= 0.6 is 0 Å². The number of H-pyrrole nitrogens is 1. The fraction of sp³-hybridized carbons (Fsp3) is 0.500. The van der Waals surface area contributed by atoms with Gasteiger partial charge in [0, 0.05) is 5.56 Å². The molecule has 0 bridgehead atoms. The number of aromatic nitrogens is 2. The summed E-state index contributed by atoms with van der Waals surface area (Å²) in [6.07, 6.45) is -3.55. The molecule has 0 radical (unpaired) electrons. The number of aromatic amines is 1. The van der Waals surface area contributed by atoms with Crippen LogP contribution in [-0.4, -0.2) is 21.9 Å². The zero-order valence-corrected chi connectivity index (χ0v) is 6.47. The monoisotopic (exact) mass is 195 g/mol. The van der Waals surface area contributed by atoms with Crippen molar-refractivity contribution >= 4 is 0 Å². The van der Waals surface area contributed by atoms with Crippen LogP contribution in [0.4, 0.5) is 13.2 Å². The highest BCUT2D eigenvalue weighted by Crippen LogP contribution is 2.31. The Kier molecular flexibility index (Phi) is 2.58. The summed E-state index contributed by atoms with van der Waals surface area (Å²) >= 11 is 0. The standard InChI is InChI=1S/C6H8F3N3O/c7-6(8,9)5-3(1-11-12-5)4(10)2-13/h1,4,13H,2,10H2,(H,11,12)/t4-/m1/s1. The van der Waals surface area contributed by atoms with E-state index in [4.69, 9.17) is 10.8 Å². The predicted molar refractivity (Wildman–Crippen MR) is 37.6 cm³/mol. The molecule has 0 aliphatic rings. The van der Waals surface area contributed by atoms with E-state index in [1.54, 1.807) is 5.10 Å². The summed E-state index contributed by atoms with van der Waals surface area (Å²) < 4.78 is 36.5. The summed E-state index contributed by atoms with van der Waals surface area (Å²) in [4.78, 5) is 0. The maximum atomic E-state index is 12.2. The van der Waals surface area contributed by atoms with E-state index in [1.807, 2.05) is 0 Å². The predicted octanol–water partition coefficient (Wildman–Crippen LogP) is 0.421. The molecule has 0 saturated heterocycles. The highest BCUT2D eigenvalue weighted by Gasteiger charge is 2.36. The third kappa shape index (κ3) is 1.99. The van der Waals surface area contributed by atoms with Gasteiger partial charge in [-0.3, -0.25) is 5.10 Å². The third-order valence-electron chi connectivity index (χ3n) is 1.55. The smallest absolute Gasteiger partial charge is 0.394 e. The molecule has 1 atom stereocenters. The Bertz CT molecular complexity index is 283. The minimum atomic E-state index is -4.52. The lowest BCUT2D eigenvalue weighted by Gasteiger charge is -2.10. The molecule has 0 saturated carbocycles. The number of hydrogen-bond donors (Lipinski definition) is 3. The molecule has 1 aromatic heterocycles. The second-order valence-corrected chi connectivity index (χ2v) is 2.49. The first-order valence-corrected chi connectivity index (χ1v) is 3.43. The number of aliphatic hydroxyl groups excluding tert-OH is 1. The maximum Gasteiger partial charge on any atom is 0.433 e. The summed E-state index contributed by atoms with van der Waals surface area (Å²) in [5.74, 6) is 0. The summed E-state index contributed by atoms with van der Waals surface area (Å²) in [6.45, 7) is -0.553. The summed E-state index contributed by atoms with van der Waals surface area (Å²) in [6, 6.07) is -1.06. The molecule has 4 N–H and O–H groups in total. The van der Waals surface area contributed by atoms with Crippen molar-refractivity contribution in [3.8, 4) is 0 Å². The zero-order valence-electron chi connectivity index (χ0n) is 6.47. The number of rotatable bonds is 2. The van der Waals surface area contributed by atoms with Crippen LogP contribution in [0.1, 0.15) is 17.3 Å². The number of alkyl halides is 3. The molecular weight excluding hydrogens is 187 g/mol. The largest absolute Gasteiger partial charge is 0.433 e. The Hall–Kier alpha value is -1.08. The van der Waals surface area contributed by atoms with Gasteiger partial charge in [0.25, 0.3) is 0 Å². The molecule has 1 heterocycles. The van der Waals surface area contributed by atoms with Crippen molar-refractivity contribution in [2.75, 3.05) is 6.61 Å². The van der Waals surface area contributed by atoms with Crippen molar-refractivity contribution in [1.29, 1.82) is 0 Å². The lowest BCUT2D eigenvalue weighted by Crippen LogP contribution is -2.19. The minimum absolute atomic E-state index is 0.227. The zero-order chi connectivity index (χ0) is 10.1. The highest BCUT2D eigenvalue weighted by molar-refractivity contribution is 5.22. The van der Waals surface area contributed by atoms with Gasteiger partial charge >= 0.3 is 6.18 Å². The average Bonchev–Trinajstić information content (AvgIpc) is 2.49. The quantitative estimate of drug-likeness (QED) is 0.640. The van der Waals surface area contributed by atoms with E-state index >= 15 is 0 Å². The van der Waals surface area contributed by atoms with Crippen LogP contribution in [0, 0.1) is 0 Å². The van der Waals surface area contributed by atoms with Gasteiger partial charge in [0.1, 0.15) is 5.69 Å². The first kappa shape index (κ1) is 10.0. The molecule has 0 spiro atoms. The Morgan fingerprint density at radius 2 is 2.23 bits per heavy atom. The lowest BCUT2D eigenvalue weighted by molar-refractivity contribution is -0.142. The topological polar surface area (TPSA) is 74.9 Å². The van der Waals surface area contributed by atoms with Gasteiger partial charge in [-0.05, 0) is 0 Å². The van der Waals surface area contributed by atoms with E-state index in [2.05, 4.69) is 5.10 Å². The molecule has 74 valence electrons. The fourth-order valence-corrected chi connectivity index (χ4v) is 0.902. The lowest BCUT2D eigenvalue weighted by atomic mass is 10.1. The number of hydrogen-bond acceptors (Lipinski definition) is 3. The van der Waals surface area contributed by atoms with E-state index in [0.717, 1.165) is 6.20 Å². The van der Waals surface area contributed by atoms with Gasteiger partial charge in [0.15, 0.2) is 0 Å². The first-order chi connectivity index (χ1) is 5.96. The third-order valence-corrected chi connectivity index (χ3v) is 1.55. The van der Waals surface area contributed by atoms with Crippen LogP contribution in [0.3, 0.4) is 0 Å². The number of halogens is 3. The molecule has 0 aliphatic carbocycles. The van der Waals surface area contributed by atoms with Crippen molar-refractivity contribution in [1.82, 2.24) is 10.2 Å². The molecule has 13 heavy (non-hydrogen) atoms. The van der Waals surface area contributed by atoms with Gasteiger partial charge in [-0.1, -0.05) is 0 Å². The van der Waals surface area contributed by atoms with Crippen molar-refractivity contribution in [2.24, 2.45) is 5.73 Å². The number of nitrogens with zero attached hydrogens (tertiary/aromatic N) is 1. The Balaban J connectivity index is 3.03. The highest BCUT2D eigenvalue weighted by atomic mass is 19.4. The second kappa shape index (κ2) is 3.35. The first-order valence-electron chi connectivity index (χ1n) is 3.43. The fourth-order valence-electron chi connectivity index (χ4n) is 0.902. The SMILES string of the molecule is N[C@H](CO)c1cn[nH]c1C(F)(F)F. The Morgan fingerprint density at radius 1 is 1.62 bits per heavy atom. The van der Waals surface area contributed by atoms with Crippen molar-refractivity contribution < 1.29 is 18.3 Å². The number of aliphatic hydroxyl groups is 1. The summed E-state index contributed by atoms with van der Waals surface area (Å²) in [5, 5.41) is 13.6. The minimum Gasteiger partial charge on any atom is -0.394 e. The van der Waals surface area contributed by atoms with E-state index < -0.39 is 24.5 Å². The van der Waals surface area contributed by atoms with Gasteiger partial charge in [0.2, 0.25) is 0 Å². The van der Waals surface area contributed by atoms with E-state index in [-0.39, 0.29) is 5.56 Å². The van der Waals surface area contributed by atoms with E-state index in [1.165, 1.54) is 0 Å². The normalized spacial score (nSPS) is 14.5. The molecule has 1 rings (SSSR count). The van der Waals surface area contributed by atoms with Gasteiger partial charge < -0.3 is 10.8 Å². The van der Waals surface area contributed by atoms with Crippen LogP contribution in [-0.2, 0) is 6.18 Å². The average molecular weight is 195 g/mol. The molecule has 1 aromatic rings. The van der Waals surface area contributed by atoms with Crippen LogP contribution in [0.5, 0.6) is 0 Å². The molecule has 0 aliphatic heterocycles. The van der Waals surface area contributed by atoms with Gasteiger partial charge in [-0.15, -0.1) is 0 Å². The van der Waals surface area contributed by atoms with E-state index in [0.29, 0.717) is 0 Å². The molecule has 0 aromatic carbocycles. The Morgan fingerprint density at radius 3 is 2.69 bits per heavy atom. The molecule has 0 fully saturated rings.